The van der Waals surface area contributed by atoms with Crippen molar-refractivity contribution in [3.8, 4) is 0 Å². The van der Waals surface area contributed by atoms with Crippen LogP contribution < -0.4 is 10.0 Å². The van der Waals surface area contributed by atoms with Crippen LogP contribution in [-0.2, 0) is 14.8 Å². The first kappa shape index (κ1) is 13.8. The van der Waals surface area contributed by atoms with Gasteiger partial charge < -0.3 is 5.32 Å². The van der Waals surface area contributed by atoms with E-state index >= 15 is 0 Å². The number of carbonyl (C=O) groups excluding carboxylic acids is 1. The van der Waals surface area contributed by atoms with Crippen LogP contribution in [0.15, 0.2) is 18.2 Å². The Hall–Kier alpha value is -1.27. The standard InChI is InChI=1S/C10H13ClN2O3S/c1-3-10(14)12-7-4-5-8(11)9(6-7)13-17(2,15)16/h4-6,13H,3H2,1-2H3,(H,12,14). The molecule has 0 unspecified atom stereocenters. The average Bonchev–Trinajstić information content (AvgIpc) is 2.21. The second-order valence-corrected chi connectivity index (χ2v) is 5.63. The molecule has 94 valence electrons. The molecular formula is C10H13ClN2O3S. The van der Waals surface area contributed by atoms with Crippen molar-refractivity contribution < 1.29 is 13.2 Å². The third kappa shape index (κ3) is 4.62. The maximum atomic E-state index is 11.2. The zero-order valence-corrected chi connectivity index (χ0v) is 11.0. The van der Waals surface area contributed by atoms with Crippen LogP contribution in [0.1, 0.15) is 13.3 Å². The fourth-order valence-electron chi connectivity index (χ4n) is 1.13. The first-order valence-electron chi connectivity index (χ1n) is 4.89. The van der Waals surface area contributed by atoms with E-state index in [-0.39, 0.29) is 16.6 Å². The second-order valence-electron chi connectivity index (χ2n) is 3.47. The Balaban J connectivity index is 2.98. The summed E-state index contributed by atoms with van der Waals surface area (Å²) in [6.07, 6.45) is 1.37. The monoisotopic (exact) mass is 276 g/mol. The molecule has 0 aliphatic rings. The molecule has 2 N–H and O–H groups in total. The zero-order valence-electron chi connectivity index (χ0n) is 9.45. The maximum Gasteiger partial charge on any atom is 0.229 e. The van der Waals surface area contributed by atoms with Crippen LogP contribution in [0, 0.1) is 0 Å². The quantitative estimate of drug-likeness (QED) is 0.884. The van der Waals surface area contributed by atoms with Gasteiger partial charge in [-0.3, -0.25) is 9.52 Å². The van der Waals surface area contributed by atoms with Crippen LogP contribution >= 0.6 is 11.6 Å². The van der Waals surface area contributed by atoms with Gasteiger partial charge in [0.05, 0.1) is 17.0 Å². The van der Waals surface area contributed by atoms with E-state index in [1.807, 2.05) is 0 Å². The normalized spacial score (nSPS) is 11.0. The summed E-state index contributed by atoms with van der Waals surface area (Å²) < 4.78 is 24.4. The van der Waals surface area contributed by atoms with Crippen molar-refractivity contribution in [1.82, 2.24) is 0 Å². The van der Waals surface area contributed by atoms with Crippen LogP contribution in [0.3, 0.4) is 0 Å². The summed E-state index contributed by atoms with van der Waals surface area (Å²) in [6.45, 7) is 1.72. The Morgan fingerprint density at radius 3 is 2.59 bits per heavy atom. The van der Waals surface area contributed by atoms with Crippen molar-refractivity contribution >= 4 is 38.9 Å². The summed E-state index contributed by atoms with van der Waals surface area (Å²) in [4.78, 5) is 11.2. The largest absolute Gasteiger partial charge is 0.326 e. The number of benzene rings is 1. The first-order chi connectivity index (χ1) is 7.81. The number of nitrogens with one attached hydrogen (secondary N) is 2. The summed E-state index contributed by atoms with van der Waals surface area (Å²) in [5.74, 6) is -0.155. The van der Waals surface area contributed by atoms with E-state index in [9.17, 15) is 13.2 Å². The second kappa shape index (κ2) is 5.37. The first-order valence-corrected chi connectivity index (χ1v) is 7.16. The summed E-state index contributed by atoms with van der Waals surface area (Å²) in [6, 6.07) is 4.58. The van der Waals surface area contributed by atoms with Crippen LogP contribution in [0.4, 0.5) is 11.4 Å². The Morgan fingerprint density at radius 2 is 2.06 bits per heavy atom. The molecule has 1 aromatic rings. The lowest BCUT2D eigenvalue weighted by atomic mass is 10.2. The molecule has 17 heavy (non-hydrogen) atoms. The predicted octanol–water partition coefficient (Wildman–Crippen LogP) is 2.06. The van der Waals surface area contributed by atoms with Crippen molar-refractivity contribution in [2.45, 2.75) is 13.3 Å². The Bertz CT molecular complexity index is 528. The van der Waals surface area contributed by atoms with E-state index < -0.39 is 10.0 Å². The molecule has 0 aromatic heterocycles. The van der Waals surface area contributed by atoms with Gasteiger partial charge in [-0.1, -0.05) is 18.5 Å². The van der Waals surface area contributed by atoms with Gasteiger partial charge in [0, 0.05) is 12.1 Å². The molecule has 0 saturated heterocycles. The number of sulfonamides is 1. The van der Waals surface area contributed by atoms with E-state index in [0.717, 1.165) is 6.26 Å². The highest BCUT2D eigenvalue weighted by molar-refractivity contribution is 7.92. The maximum absolute atomic E-state index is 11.2. The topological polar surface area (TPSA) is 75.3 Å². The van der Waals surface area contributed by atoms with Crippen molar-refractivity contribution in [3.05, 3.63) is 23.2 Å². The Labute approximate surface area is 105 Å². The van der Waals surface area contributed by atoms with Gasteiger partial charge in [0.2, 0.25) is 15.9 Å². The Morgan fingerprint density at radius 1 is 1.41 bits per heavy atom. The van der Waals surface area contributed by atoms with E-state index in [0.29, 0.717) is 12.1 Å². The zero-order chi connectivity index (χ0) is 13.1. The number of anilines is 2. The number of carbonyl (C=O) groups is 1. The molecule has 0 aliphatic heterocycles. The van der Waals surface area contributed by atoms with Gasteiger partial charge in [-0.15, -0.1) is 0 Å². The minimum atomic E-state index is -3.40. The molecular weight excluding hydrogens is 264 g/mol. The van der Waals surface area contributed by atoms with Crippen molar-refractivity contribution in [3.63, 3.8) is 0 Å². The van der Waals surface area contributed by atoms with Gasteiger partial charge in [-0.2, -0.15) is 0 Å². The van der Waals surface area contributed by atoms with Crippen LogP contribution in [0.2, 0.25) is 5.02 Å². The van der Waals surface area contributed by atoms with Gasteiger partial charge in [0.1, 0.15) is 0 Å². The van der Waals surface area contributed by atoms with Crippen LogP contribution in [0.25, 0.3) is 0 Å². The molecule has 0 aliphatic carbocycles. The molecule has 1 amide bonds. The number of amides is 1. The molecule has 0 bridgehead atoms. The van der Waals surface area contributed by atoms with E-state index in [2.05, 4.69) is 10.0 Å². The fraction of sp³-hybridized carbons (Fsp3) is 0.300. The van der Waals surface area contributed by atoms with E-state index in [4.69, 9.17) is 11.6 Å². The summed E-state index contributed by atoms with van der Waals surface area (Å²) >= 11 is 5.83. The van der Waals surface area contributed by atoms with Crippen molar-refractivity contribution in [2.75, 3.05) is 16.3 Å². The lowest BCUT2D eigenvalue weighted by Crippen LogP contribution is -2.12. The third-order valence-corrected chi connectivity index (χ3v) is 2.79. The van der Waals surface area contributed by atoms with Gasteiger partial charge in [-0.05, 0) is 18.2 Å². The fourth-order valence-corrected chi connectivity index (χ4v) is 1.92. The van der Waals surface area contributed by atoms with Crippen molar-refractivity contribution in [1.29, 1.82) is 0 Å². The van der Waals surface area contributed by atoms with Gasteiger partial charge >= 0.3 is 0 Å². The highest BCUT2D eigenvalue weighted by atomic mass is 35.5. The number of hydrogen-bond acceptors (Lipinski definition) is 3. The minimum absolute atomic E-state index is 0.155. The Kier molecular flexibility index (Phi) is 4.36. The molecule has 0 radical (unpaired) electrons. The molecule has 0 fully saturated rings. The molecule has 0 saturated carbocycles. The van der Waals surface area contributed by atoms with Crippen molar-refractivity contribution in [2.24, 2.45) is 0 Å². The van der Waals surface area contributed by atoms with Gasteiger partial charge in [-0.25, -0.2) is 8.42 Å². The number of rotatable bonds is 4. The molecule has 1 rings (SSSR count). The highest BCUT2D eigenvalue weighted by Gasteiger charge is 2.08. The summed E-state index contributed by atoms with van der Waals surface area (Å²) in [5.41, 5.74) is 0.732. The molecule has 7 heteroatoms. The highest BCUT2D eigenvalue weighted by Crippen LogP contribution is 2.26. The summed E-state index contributed by atoms with van der Waals surface area (Å²) in [5, 5.41) is 2.88. The smallest absolute Gasteiger partial charge is 0.229 e. The van der Waals surface area contributed by atoms with Crippen LogP contribution in [0.5, 0.6) is 0 Å². The molecule has 0 heterocycles. The van der Waals surface area contributed by atoms with Crippen LogP contribution in [-0.4, -0.2) is 20.6 Å². The lowest BCUT2D eigenvalue weighted by molar-refractivity contribution is -0.115. The summed E-state index contributed by atoms with van der Waals surface area (Å²) in [7, 11) is -3.40. The van der Waals surface area contributed by atoms with E-state index in [1.165, 1.54) is 12.1 Å². The molecule has 0 spiro atoms. The number of halogens is 1. The SMILES string of the molecule is CCC(=O)Nc1ccc(Cl)c(NS(C)(=O)=O)c1. The third-order valence-electron chi connectivity index (χ3n) is 1.87. The minimum Gasteiger partial charge on any atom is -0.326 e. The average molecular weight is 277 g/mol. The predicted molar refractivity (Wildman–Crippen MR) is 68.8 cm³/mol. The lowest BCUT2D eigenvalue weighted by Gasteiger charge is -2.09. The molecule has 0 atom stereocenters. The van der Waals surface area contributed by atoms with Gasteiger partial charge in [0.15, 0.2) is 0 Å². The molecule has 1 aromatic carbocycles. The molecule has 5 nitrogen and oxygen atoms in total. The van der Waals surface area contributed by atoms with E-state index in [1.54, 1.807) is 13.0 Å². The van der Waals surface area contributed by atoms with Gasteiger partial charge in [0.25, 0.3) is 0 Å². The number of hydrogen-bond donors (Lipinski definition) is 2.